The number of ether oxygens (including phenoxy) is 1. The smallest absolute Gasteiger partial charge is 0.356 e. The van der Waals surface area contributed by atoms with E-state index in [-0.39, 0.29) is 5.69 Å². The molecule has 0 spiro atoms. The number of rotatable bonds is 1. The van der Waals surface area contributed by atoms with Gasteiger partial charge in [-0.1, -0.05) is 5.92 Å². The third-order valence-electron chi connectivity index (χ3n) is 1.43. The molecule has 0 atom stereocenters. The summed E-state index contributed by atoms with van der Waals surface area (Å²) in [4.78, 5) is 24.7. The second-order valence-electron chi connectivity index (χ2n) is 2.31. The molecule has 1 aromatic heterocycles. The van der Waals surface area contributed by atoms with Crippen LogP contribution in [-0.4, -0.2) is 24.3 Å². The zero-order chi connectivity index (χ0) is 10.4. The van der Waals surface area contributed by atoms with Crippen molar-refractivity contribution in [2.75, 3.05) is 7.11 Å². The standard InChI is InChI=1S/C10H7NO3/c1-14-10(13)9-5-4-8(7-11-9)3-2-6-12/h4-7H,1H3. The lowest BCUT2D eigenvalue weighted by Gasteiger charge is -1.96. The summed E-state index contributed by atoms with van der Waals surface area (Å²) in [5.41, 5.74) is 0.786. The van der Waals surface area contributed by atoms with E-state index in [0.717, 1.165) is 0 Å². The summed E-state index contributed by atoms with van der Waals surface area (Å²) in [5, 5.41) is 0. The largest absolute Gasteiger partial charge is 0.464 e. The Kier molecular flexibility index (Phi) is 3.39. The van der Waals surface area contributed by atoms with E-state index in [9.17, 15) is 9.59 Å². The van der Waals surface area contributed by atoms with Crippen LogP contribution in [0.25, 0.3) is 0 Å². The quantitative estimate of drug-likeness (QED) is 0.365. The maximum atomic E-state index is 11.0. The van der Waals surface area contributed by atoms with Crippen molar-refractivity contribution in [2.24, 2.45) is 0 Å². The Bertz CT molecular complexity index is 398. The normalized spacial score (nSPS) is 8.36. The molecule has 0 aromatic carbocycles. The van der Waals surface area contributed by atoms with Gasteiger partial charge in [0.15, 0.2) is 6.29 Å². The van der Waals surface area contributed by atoms with Crippen LogP contribution in [0.3, 0.4) is 0 Å². The van der Waals surface area contributed by atoms with Crippen molar-refractivity contribution in [2.45, 2.75) is 0 Å². The topological polar surface area (TPSA) is 56.3 Å². The van der Waals surface area contributed by atoms with Crippen LogP contribution in [0, 0.1) is 11.8 Å². The van der Waals surface area contributed by atoms with E-state index in [1.807, 2.05) is 0 Å². The Morgan fingerprint density at radius 3 is 2.86 bits per heavy atom. The Morgan fingerprint density at radius 2 is 2.36 bits per heavy atom. The molecule has 0 aliphatic heterocycles. The molecule has 0 aliphatic carbocycles. The van der Waals surface area contributed by atoms with Gasteiger partial charge in [-0.3, -0.25) is 4.79 Å². The monoisotopic (exact) mass is 189 g/mol. The van der Waals surface area contributed by atoms with E-state index >= 15 is 0 Å². The Morgan fingerprint density at radius 1 is 1.57 bits per heavy atom. The fourth-order valence-electron chi connectivity index (χ4n) is 0.806. The molecule has 1 aromatic rings. The van der Waals surface area contributed by atoms with Gasteiger partial charge in [-0.25, -0.2) is 9.78 Å². The molecule has 0 aliphatic rings. The average molecular weight is 189 g/mol. The minimum atomic E-state index is -0.500. The van der Waals surface area contributed by atoms with Crippen LogP contribution in [-0.2, 0) is 9.53 Å². The third kappa shape index (κ3) is 2.42. The Balaban J connectivity index is 2.88. The van der Waals surface area contributed by atoms with Crippen LogP contribution in [0.1, 0.15) is 16.1 Å². The zero-order valence-electron chi connectivity index (χ0n) is 7.48. The van der Waals surface area contributed by atoms with Crippen molar-refractivity contribution in [3.05, 3.63) is 29.6 Å². The Hall–Kier alpha value is -2.15. The van der Waals surface area contributed by atoms with Gasteiger partial charge < -0.3 is 4.74 Å². The van der Waals surface area contributed by atoms with Gasteiger partial charge in [-0.2, -0.15) is 0 Å². The maximum Gasteiger partial charge on any atom is 0.356 e. The van der Waals surface area contributed by atoms with Crippen LogP contribution in [0.2, 0.25) is 0 Å². The van der Waals surface area contributed by atoms with Crippen LogP contribution in [0.15, 0.2) is 18.3 Å². The van der Waals surface area contributed by atoms with Crippen LogP contribution in [0.4, 0.5) is 0 Å². The molecule has 0 saturated heterocycles. The van der Waals surface area contributed by atoms with Gasteiger partial charge in [0, 0.05) is 11.8 Å². The SMILES string of the molecule is COC(=O)c1ccc(C#CC=O)cn1. The number of aromatic nitrogens is 1. The first-order valence-corrected chi connectivity index (χ1v) is 3.77. The number of nitrogens with zero attached hydrogens (tertiary/aromatic N) is 1. The molecule has 4 heteroatoms. The van der Waals surface area contributed by atoms with Crippen molar-refractivity contribution in [3.8, 4) is 11.8 Å². The van der Waals surface area contributed by atoms with Crippen LogP contribution < -0.4 is 0 Å². The van der Waals surface area contributed by atoms with E-state index in [4.69, 9.17) is 0 Å². The van der Waals surface area contributed by atoms with E-state index < -0.39 is 5.97 Å². The summed E-state index contributed by atoms with van der Waals surface area (Å²) < 4.78 is 4.46. The number of carbonyl (C=O) groups excluding carboxylic acids is 2. The van der Waals surface area contributed by atoms with Gasteiger partial charge in [0.05, 0.1) is 7.11 Å². The predicted octanol–water partition coefficient (Wildman–Crippen LogP) is 0.419. The van der Waals surface area contributed by atoms with Gasteiger partial charge in [-0.15, -0.1) is 0 Å². The second-order valence-corrected chi connectivity index (χ2v) is 2.31. The lowest BCUT2D eigenvalue weighted by Crippen LogP contribution is -2.03. The zero-order valence-corrected chi connectivity index (χ0v) is 7.48. The molecule has 0 bridgehead atoms. The molecule has 14 heavy (non-hydrogen) atoms. The molecular formula is C10H7NO3. The Labute approximate surface area is 80.9 Å². The molecule has 0 radical (unpaired) electrons. The van der Waals surface area contributed by atoms with E-state index in [1.54, 1.807) is 6.07 Å². The predicted molar refractivity (Wildman–Crippen MR) is 48.5 cm³/mol. The number of hydrogen-bond donors (Lipinski definition) is 0. The summed E-state index contributed by atoms with van der Waals surface area (Å²) in [6.07, 6.45) is 1.90. The number of carbonyl (C=O) groups is 2. The fourth-order valence-corrected chi connectivity index (χ4v) is 0.806. The highest BCUT2D eigenvalue weighted by atomic mass is 16.5. The first-order chi connectivity index (χ1) is 6.77. The van der Waals surface area contributed by atoms with Crippen LogP contribution in [0.5, 0.6) is 0 Å². The van der Waals surface area contributed by atoms with Gasteiger partial charge in [0.2, 0.25) is 0 Å². The van der Waals surface area contributed by atoms with Crippen LogP contribution >= 0.6 is 0 Å². The van der Waals surface area contributed by atoms with E-state index in [1.165, 1.54) is 19.4 Å². The number of pyridine rings is 1. The van der Waals surface area contributed by atoms with Gasteiger partial charge in [0.25, 0.3) is 0 Å². The second kappa shape index (κ2) is 4.77. The summed E-state index contributed by atoms with van der Waals surface area (Å²) in [5.74, 6) is 4.29. The van der Waals surface area contributed by atoms with Gasteiger partial charge in [-0.05, 0) is 18.1 Å². The number of esters is 1. The van der Waals surface area contributed by atoms with E-state index in [2.05, 4.69) is 21.6 Å². The van der Waals surface area contributed by atoms with Crippen molar-refractivity contribution < 1.29 is 14.3 Å². The molecule has 4 nitrogen and oxygen atoms in total. The summed E-state index contributed by atoms with van der Waals surface area (Å²) >= 11 is 0. The van der Waals surface area contributed by atoms with E-state index in [0.29, 0.717) is 11.8 Å². The molecule has 0 amide bonds. The summed E-state index contributed by atoms with van der Waals surface area (Å²) in [6.45, 7) is 0. The minimum Gasteiger partial charge on any atom is -0.464 e. The first kappa shape index (κ1) is 9.93. The highest BCUT2D eigenvalue weighted by Gasteiger charge is 2.04. The lowest BCUT2D eigenvalue weighted by atomic mass is 10.2. The van der Waals surface area contributed by atoms with Gasteiger partial charge in [0.1, 0.15) is 5.69 Å². The van der Waals surface area contributed by atoms with Crippen molar-refractivity contribution >= 4 is 12.3 Å². The first-order valence-electron chi connectivity index (χ1n) is 3.77. The highest BCUT2D eigenvalue weighted by molar-refractivity contribution is 5.87. The van der Waals surface area contributed by atoms with Crippen molar-refractivity contribution in [1.82, 2.24) is 4.98 Å². The third-order valence-corrected chi connectivity index (χ3v) is 1.43. The molecule has 70 valence electrons. The summed E-state index contributed by atoms with van der Waals surface area (Å²) in [6, 6.07) is 3.08. The molecule has 1 heterocycles. The number of hydrogen-bond acceptors (Lipinski definition) is 4. The highest BCUT2D eigenvalue weighted by Crippen LogP contribution is 1.99. The maximum absolute atomic E-state index is 11.0. The minimum absolute atomic E-state index is 0.212. The fraction of sp³-hybridized carbons (Fsp3) is 0.100. The molecule has 0 unspecified atom stereocenters. The van der Waals surface area contributed by atoms with Crippen molar-refractivity contribution in [1.29, 1.82) is 0 Å². The molecular weight excluding hydrogens is 182 g/mol. The molecule has 1 rings (SSSR count). The van der Waals surface area contributed by atoms with Crippen molar-refractivity contribution in [3.63, 3.8) is 0 Å². The molecule has 0 saturated carbocycles. The number of aldehydes is 1. The molecule has 0 N–H and O–H groups in total. The number of methoxy groups -OCH3 is 1. The lowest BCUT2D eigenvalue weighted by molar-refractivity contribution is -0.103. The van der Waals surface area contributed by atoms with Gasteiger partial charge >= 0.3 is 5.97 Å². The summed E-state index contributed by atoms with van der Waals surface area (Å²) in [7, 11) is 1.28. The average Bonchev–Trinajstić information content (AvgIpc) is 2.26. The molecule has 0 fully saturated rings.